The first-order valence-corrected chi connectivity index (χ1v) is 12.2. The smallest absolute Gasteiger partial charge is 0.356 e. The molecule has 5 rings (SSSR count). The van der Waals surface area contributed by atoms with Crippen LogP contribution in [0.2, 0.25) is 0 Å². The SMILES string of the molecule is CCOC(=O)c1c(Br)c2c(n1Cc1cccc(C)c1)-c1[nH]c(=O)c(-c3ccccc3)cc1CC2. The molecule has 6 heteroatoms. The number of halogens is 1. The lowest BCUT2D eigenvalue weighted by Crippen LogP contribution is -2.19. The van der Waals surface area contributed by atoms with Crippen molar-refractivity contribution in [3.63, 3.8) is 0 Å². The number of hydrogen-bond donors (Lipinski definition) is 1. The van der Waals surface area contributed by atoms with E-state index in [1.807, 2.05) is 53.1 Å². The van der Waals surface area contributed by atoms with Crippen LogP contribution >= 0.6 is 15.9 Å². The molecule has 0 spiro atoms. The maximum absolute atomic E-state index is 13.2. The molecule has 1 aliphatic rings. The third-order valence-electron chi connectivity index (χ3n) is 6.28. The molecule has 0 radical (unpaired) electrons. The number of esters is 1. The van der Waals surface area contributed by atoms with E-state index in [0.29, 0.717) is 24.4 Å². The largest absolute Gasteiger partial charge is 0.461 e. The van der Waals surface area contributed by atoms with Crippen molar-refractivity contribution in [1.29, 1.82) is 0 Å². The van der Waals surface area contributed by atoms with Gasteiger partial charge in [-0.05, 0) is 70.9 Å². The number of hydrogen-bond acceptors (Lipinski definition) is 3. The highest BCUT2D eigenvalue weighted by Crippen LogP contribution is 2.41. The lowest BCUT2D eigenvalue weighted by molar-refractivity contribution is 0.0513. The summed E-state index contributed by atoms with van der Waals surface area (Å²) in [5.41, 5.74) is 7.84. The molecule has 1 N–H and O–H groups in total. The van der Waals surface area contributed by atoms with Crippen LogP contribution in [0, 0.1) is 6.92 Å². The fourth-order valence-corrected chi connectivity index (χ4v) is 5.54. The van der Waals surface area contributed by atoms with Gasteiger partial charge < -0.3 is 14.3 Å². The maximum atomic E-state index is 13.2. The summed E-state index contributed by atoms with van der Waals surface area (Å²) in [5, 5.41) is 0. The summed E-state index contributed by atoms with van der Waals surface area (Å²) in [4.78, 5) is 29.4. The monoisotopic (exact) mass is 516 g/mol. The van der Waals surface area contributed by atoms with E-state index in [1.165, 1.54) is 0 Å². The lowest BCUT2D eigenvalue weighted by atomic mass is 9.92. The first-order chi connectivity index (χ1) is 16.5. The Morgan fingerprint density at radius 2 is 1.88 bits per heavy atom. The minimum Gasteiger partial charge on any atom is -0.461 e. The van der Waals surface area contributed by atoms with Crippen LogP contribution in [0.15, 0.2) is 69.9 Å². The molecule has 172 valence electrons. The van der Waals surface area contributed by atoms with Crippen LogP contribution in [-0.4, -0.2) is 22.1 Å². The van der Waals surface area contributed by atoms with Crippen molar-refractivity contribution < 1.29 is 9.53 Å². The highest BCUT2D eigenvalue weighted by atomic mass is 79.9. The Hall–Kier alpha value is -3.38. The zero-order valence-corrected chi connectivity index (χ0v) is 20.7. The van der Waals surface area contributed by atoms with Gasteiger partial charge in [0.05, 0.1) is 22.5 Å². The zero-order valence-electron chi connectivity index (χ0n) is 19.2. The molecule has 0 unspecified atom stereocenters. The molecule has 0 atom stereocenters. The number of aryl methyl sites for hydroxylation is 2. The number of rotatable bonds is 5. The molecule has 0 aliphatic heterocycles. The number of benzene rings is 2. The van der Waals surface area contributed by atoms with Crippen molar-refractivity contribution in [2.24, 2.45) is 0 Å². The van der Waals surface area contributed by atoms with E-state index in [4.69, 9.17) is 4.74 Å². The molecule has 5 nitrogen and oxygen atoms in total. The van der Waals surface area contributed by atoms with Crippen molar-refractivity contribution in [1.82, 2.24) is 9.55 Å². The number of H-pyrrole nitrogens is 1. The van der Waals surface area contributed by atoms with E-state index in [-0.39, 0.29) is 11.5 Å². The third kappa shape index (κ3) is 3.92. The van der Waals surface area contributed by atoms with Gasteiger partial charge in [0, 0.05) is 12.1 Å². The molecule has 0 amide bonds. The Bertz CT molecular complexity index is 1450. The molecule has 4 aromatic rings. The minimum absolute atomic E-state index is 0.144. The molecule has 2 aromatic carbocycles. The van der Waals surface area contributed by atoms with Gasteiger partial charge in [-0.1, -0.05) is 60.2 Å². The third-order valence-corrected chi connectivity index (χ3v) is 7.13. The number of pyridine rings is 1. The topological polar surface area (TPSA) is 64.1 Å². The van der Waals surface area contributed by atoms with E-state index in [2.05, 4.69) is 40.0 Å². The van der Waals surface area contributed by atoms with Gasteiger partial charge in [-0.3, -0.25) is 4.79 Å². The molecule has 1 aliphatic carbocycles. The summed E-state index contributed by atoms with van der Waals surface area (Å²) >= 11 is 3.69. The molecular weight excluding hydrogens is 492 g/mol. The van der Waals surface area contributed by atoms with Gasteiger partial charge in [-0.25, -0.2) is 4.79 Å². The second-order valence-corrected chi connectivity index (χ2v) is 9.36. The highest BCUT2D eigenvalue weighted by Gasteiger charge is 2.32. The van der Waals surface area contributed by atoms with Crippen molar-refractivity contribution in [2.75, 3.05) is 6.61 Å². The second-order valence-electron chi connectivity index (χ2n) is 8.56. The number of nitrogens with zero attached hydrogens (tertiary/aromatic N) is 1. The Labute approximate surface area is 206 Å². The first-order valence-electron chi connectivity index (χ1n) is 11.4. The summed E-state index contributed by atoms with van der Waals surface area (Å²) in [6, 6.07) is 19.9. The molecular formula is C28H25BrN2O3. The number of nitrogens with one attached hydrogen (secondary N) is 1. The van der Waals surface area contributed by atoms with Crippen LogP contribution in [-0.2, 0) is 24.1 Å². The molecule has 0 saturated heterocycles. The Balaban J connectivity index is 1.72. The van der Waals surface area contributed by atoms with Crippen molar-refractivity contribution in [2.45, 2.75) is 33.2 Å². The zero-order chi connectivity index (χ0) is 23.8. The number of aromatic nitrogens is 2. The molecule has 2 aromatic heterocycles. The van der Waals surface area contributed by atoms with Gasteiger partial charge in [-0.2, -0.15) is 0 Å². The van der Waals surface area contributed by atoms with Gasteiger partial charge in [-0.15, -0.1) is 0 Å². The average Bonchev–Trinajstić information content (AvgIpc) is 3.11. The predicted octanol–water partition coefficient (Wildman–Crippen LogP) is 5.90. The van der Waals surface area contributed by atoms with Crippen LogP contribution in [0.5, 0.6) is 0 Å². The van der Waals surface area contributed by atoms with Crippen LogP contribution in [0.25, 0.3) is 22.5 Å². The van der Waals surface area contributed by atoms with Crippen molar-refractivity contribution in [3.8, 4) is 22.5 Å². The number of ether oxygens (including phenoxy) is 1. The molecule has 34 heavy (non-hydrogen) atoms. The van der Waals surface area contributed by atoms with E-state index in [0.717, 1.165) is 56.5 Å². The van der Waals surface area contributed by atoms with Crippen molar-refractivity contribution >= 4 is 21.9 Å². The first kappa shape index (κ1) is 22.4. The van der Waals surface area contributed by atoms with Gasteiger partial charge in [0.15, 0.2) is 0 Å². The van der Waals surface area contributed by atoms with E-state index < -0.39 is 0 Å². The Kier molecular flexibility index (Phi) is 6.00. The lowest BCUT2D eigenvalue weighted by Gasteiger charge is -2.21. The average molecular weight is 517 g/mol. The van der Waals surface area contributed by atoms with E-state index in [1.54, 1.807) is 6.92 Å². The molecule has 0 saturated carbocycles. The molecule has 0 fully saturated rings. The predicted molar refractivity (Wildman–Crippen MR) is 137 cm³/mol. The second kappa shape index (κ2) is 9.11. The number of carbonyl (C=O) groups is 1. The normalized spacial score (nSPS) is 12.2. The highest BCUT2D eigenvalue weighted by molar-refractivity contribution is 9.10. The maximum Gasteiger partial charge on any atom is 0.356 e. The molecule has 2 heterocycles. The van der Waals surface area contributed by atoms with E-state index in [9.17, 15) is 9.59 Å². The summed E-state index contributed by atoms with van der Waals surface area (Å²) in [6.45, 7) is 4.64. The van der Waals surface area contributed by atoms with Crippen LogP contribution in [0.1, 0.15) is 39.7 Å². The summed E-state index contributed by atoms with van der Waals surface area (Å²) in [7, 11) is 0. The minimum atomic E-state index is -0.374. The van der Waals surface area contributed by atoms with Gasteiger partial charge >= 0.3 is 5.97 Å². The van der Waals surface area contributed by atoms with E-state index >= 15 is 0 Å². The quantitative estimate of drug-likeness (QED) is 0.335. The number of aromatic amines is 1. The van der Waals surface area contributed by atoms with Gasteiger partial charge in [0.2, 0.25) is 0 Å². The fraction of sp³-hybridized carbons (Fsp3) is 0.214. The summed E-state index contributed by atoms with van der Waals surface area (Å²) in [6.07, 6.45) is 1.53. The van der Waals surface area contributed by atoms with Crippen molar-refractivity contribution in [3.05, 3.63) is 103 Å². The fourth-order valence-electron chi connectivity index (χ4n) is 4.78. The molecule has 0 bridgehead atoms. The summed E-state index contributed by atoms with van der Waals surface area (Å²) in [5.74, 6) is -0.374. The number of fused-ring (bicyclic) bond motifs is 3. The Morgan fingerprint density at radius 3 is 2.62 bits per heavy atom. The standard InChI is InChI=1S/C28H25BrN2O3/c1-3-34-28(33)26-23(29)21-13-12-20-15-22(19-10-5-4-6-11-19)27(32)30-24(20)25(21)31(26)16-18-9-7-8-17(2)14-18/h4-11,14-15H,3,12-13,16H2,1-2H3,(H,30,32). The van der Waals surface area contributed by atoms with Gasteiger partial charge in [0.25, 0.3) is 5.56 Å². The van der Waals surface area contributed by atoms with Crippen LogP contribution < -0.4 is 5.56 Å². The van der Waals surface area contributed by atoms with Gasteiger partial charge in [0.1, 0.15) is 5.69 Å². The number of carbonyl (C=O) groups excluding carboxylic acids is 1. The summed E-state index contributed by atoms with van der Waals surface area (Å²) < 4.78 is 8.15. The van der Waals surface area contributed by atoms with Crippen LogP contribution in [0.4, 0.5) is 0 Å². The van der Waals surface area contributed by atoms with Crippen LogP contribution in [0.3, 0.4) is 0 Å². The Morgan fingerprint density at radius 1 is 1.09 bits per heavy atom.